The summed E-state index contributed by atoms with van der Waals surface area (Å²) in [4.78, 5) is 34.1. The molecule has 0 bridgehead atoms. The van der Waals surface area contributed by atoms with Gasteiger partial charge in [-0.1, -0.05) is 12.7 Å². The second-order valence-electron chi connectivity index (χ2n) is 8.78. The van der Waals surface area contributed by atoms with Gasteiger partial charge in [-0.05, 0) is 73.8 Å². The topological polar surface area (TPSA) is 120 Å². The van der Waals surface area contributed by atoms with E-state index in [1.54, 1.807) is 24.4 Å². The second-order valence-corrected chi connectivity index (χ2v) is 8.78. The van der Waals surface area contributed by atoms with E-state index in [9.17, 15) is 9.59 Å². The molecule has 2 aliphatic heterocycles. The number of halogens is 1. The number of nitrogens with zero attached hydrogens (tertiary/aromatic N) is 2. The van der Waals surface area contributed by atoms with E-state index in [1.165, 1.54) is 18.3 Å². The van der Waals surface area contributed by atoms with Gasteiger partial charge in [0.05, 0.1) is 11.1 Å². The monoisotopic (exact) mass is 499 g/mol. The summed E-state index contributed by atoms with van der Waals surface area (Å²) in [6.07, 6.45) is 9.86. The molecule has 9 nitrogen and oxygen atoms in total. The van der Waals surface area contributed by atoms with E-state index in [2.05, 4.69) is 43.1 Å². The molecule has 5 N–H and O–H groups in total. The number of hydrogen-bond donors (Lipinski definition) is 5. The molecule has 0 aliphatic carbocycles. The number of aromatic nitrogens is 2. The summed E-state index contributed by atoms with van der Waals surface area (Å²) in [5, 5.41) is 15.6. The molecule has 2 aliphatic rings. The van der Waals surface area contributed by atoms with Crippen LogP contribution in [-0.2, 0) is 15.1 Å². The van der Waals surface area contributed by atoms with Crippen LogP contribution in [0.1, 0.15) is 12.0 Å². The Bertz CT molecular complexity index is 1410. The van der Waals surface area contributed by atoms with Crippen LogP contribution in [0.4, 0.5) is 21.7 Å². The number of amides is 2. The molecule has 10 heteroatoms. The van der Waals surface area contributed by atoms with Gasteiger partial charge in [0.1, 0.15) is 5.82 Å². The summed E-state index contributed by atoms with van der Waals surface area (Å²) in [7, 11) is 0. The number of carbonyl (C=O) groups excluding carboxylic acids is 2. The maximum atomic E-state index is 15.4. The van der Waals surface area contributed by atoms with E-state index in [-0.39, 0.29) is 17.0 Å². The lowest BCUT2D eigenvalue weighted by Gasteiger charge is -2.32. The summed E-state index contributed by atoms with van der Waals surface area (Å²) < 4.78 is 15.4. The Labute approximate surface area is 213 Å². The van der Waals surface area contributed by atoms with E-state index >= 15 is 4.39 Å². The standard InChI is InChI=1S/C27H26FN7O2/c1-2-22(36)34-25(37)27(12-3-4-13-31-27)23-21(28)10-5-17-15-30-26(35-24(17)23)33-19-8-6-18(7-9-19)32-20-11-14-29-16-20/h2-10,12-13,15,20,29,31-32H,1,11,14,16H2,(H,30,33,35)(H,34,36,37)/t20?,27-/m1/s1. The minimum Gasteiger partial charge on any atom is -0.381 e. The van der Waals surface area contributed by atoms with Crippen molar-refractivity contribution in [2.45, 2.75) is 18.0 Å². The summed E-state index contributed by atoms with van der Waals surface area (Å²) in [5.41, 5.74) is 0.224. The van der Waals surface area contributed by atoms with Crippen LogP contribution in [0.15, 0.2) is 79.7 Å². The first-order valence-electron chi connectivity index (χ1n) is 11.9. The van der Waals surface area contributed by atoms with Gasteiger partial charge in [-0.15, -0.1) is 0 Å². The average Bonchev–Trinajstić information content (AvgIpc) is 3.43. The number of carbonyl (C=O) groups is 2. The molecule has 0 saturated carbocycles. The fraction of sp³-hybridized carbons (Fsp3) is 0.185. The van der Waals surface area contributed by atoms with Gasteiger partial charge in [0.25, 0.3) is 5.91 Å². The number of imide groups is 1. The van der Waals surface area contributed by atoms with Crippen molar-refractivity contribution in [1.29, 1.82) is 0 Å². The number of hydrogen-bond acceptors (Lipinski definition) is 8. The zero-order valence-electron chi connectivity index (χ0n) is 19.9. The highest BCUT2D eigenvalue weighted by atomic mass is 19.1. The van der Waals surface area contributed by atoms with Crippen LogP contribution in [0, 0.1) is 5.82 Å². The molecule has 0 spiro atoms. The van der Waals surface area contributed by atoms with Crippen LogP contribution < -0.4 is 26.6 Å². The molecular formula is C27H26FN7O2. The van der Waals surface area contributed by atoms with Crippen LogP contribution in [0.3, 0.4) is 0 Å². The molecule has 1 aromatic heterocycles. The van der Waals surface area contributed by atoms with Gasteiger partial charge in [0.15, 0.2) is 5.54 Å². The Balaban J connectivity index is 1.49. The normalized spacial score (nSPS) is 20.3. The number of nitrogens with one attached hydrogen (secondary N) is 5. The minimum atomic E-state index is -1.72. The maximum absolute atomic E-state index is 15.4. The molecule has 0 radical (unpaired) electrons. The van der Waals surface area contributed by atoms with Gasteiger partial charge in [0.2, 0.25) is 11.9 Å². The van der Waals surface area contributed by atoms with E-state index < -0.39 is 23.2 Å². The van der Waals surface area contributed by atoms with Crippen molar-refractivity contribution in [1.82, 2.24) is 25.9 Å². The highest BCUT2D eigenvalue weighted by Gasteiger charge is 2.42. The van der Waals surface area contributed by atoms with E-state index in [0.29, 0.717) is 11.4 Å². The SMILES string of the molecule is C=CC(=O)NC(=O)[C@]1(c2c(F)ccc3cnc(Nc4ccc(NC5CCNC5)cc4)nc23)C=CC=CN1. The van der Waals surface area contributed by atoms with Crippen molar-refractivity contribution in [2.24, 2.45) is 0 Å². The number of rotatable bonds is 7. The van der Waals surface area contributed by atoms with Crippen LogP contribution in [-0.4, -0.2) is 40.9 Å². The number of allylic oxidation sites excluding steroid dienone is 2. The van der Waals surface area contributed by atoms with Gasteiger partial charge < -0.3 is 21.3 Å². The van der Waals surface area contributed by atoms with Crippen LogP contribution in [0.5, 0.6) is 0 Å². The predicted molar refractivity (Wildman–Crippen MR) is 141 cm³/mol. The van der Waals surface area contributed by atoms with Gasteiger partial charge in [-0.25, -0.2) is 14.4 Å². The quantitative estimate of drug-likeness (QED) is 0.315. The zero-order chi connectivity index (χ0) is 25.8. The summed E-state index contributed by atoms with van der Waals surface area (Å²) >= 11 is 0. The first kappa shape index (κ1) is 24.1. The lowest BCUT2D eigenvalue weighted by molar-refractivity contribution is -0.131. The molecule has 1 saturated heterocycles. The summed E-state index contributed by atoms with van der Waals surface area (Å²) in [6, 6.07) is 10.9. The lowest BCUT2D eigenvalue weighted by atomic mass is 9.85. The fourth-order valence-corrected chi connectivity index (χ4v) is 4.46. The summed E-state index contributed by atoms with van der Waals surface area (Å²) in [5.74, 6) is -1.90. The van der Waals surface area contributed by atoms with Crippen LogP contribution >= 0.6 is 0 Å². The zero-order valence-corrected chi connectivity index (χ0v) is 19.9. The van der Waals surface area contributed by atoms with Gasteiger partial charge in [-0.3, -0.25) is 14.9 Å². The predicted octanol–water partition coefficient (Wildman–Crippen LogP) is 2.98. The molecule has 2 aromatic carbocycles. The molecule has 1 fully saturated rings. The van der Waals surface area contributed by atoms with Crippen LogP contribution in [0.25, 0.3) is 10.9 Å². The van der Waals surface area contributed by atoms with Gasteiger partial charge in [-0.2, -0.15) is 0 Å². The third-order valence-electron chi connectivity index (χ3n) is 6.31. The Morgan fingerprint density at radius 2 is 1.95 bits per heavy atom. The van der Waals surface area contributed by atoms with Crippen molar-refractivity contribution < 1.29 is 14.0 Å². The van der Waals surface area contributed by atoms with E-state index in [1.807, 2.05) is 24.3 Å². The van der Waals surface area contributed by atoms with E-state index in [4.69, 9.17) is 0 Å². The smallest absolute Gasteiger partial charge is 0.261 e. The van der Waals surface area contributed by atoms with E-state index in [0.717, 1.165) is 37.0 Å². The third-order valence-corrected chi connectivity index (χ3v) is 6.31. The number of fused-ring (bicyclic) bond motifs is 1. The van der Waals surface area contributed by atoms with Crippen molar-refractivity contribution in [2.75, 3.05) is 23.7 Å². The molecule has 3 aromatic rings. The number of dihydropyridines is 1. The van der Waals surface area contributed by atoms with Gasteiger partial charge in [0, 0.05) is 35.5 Å². The maximum Gasteiger partial charge on any atom is 0.261 e. The first-order chi connectivity index (χ1) is 18.0. The largest absolute Gasteiger partial charge is 0.381 e. The Kier molecular flexibility index (Phi) is 6.65. The third kappa shape index (κ3) is 4.91. The Hall–Kier alpha value is -4.57. The summed E-state index contributed by atoms with van der Waals surface area (Å²) in [6.45, 7) is 5.32. The molecule has 5 rings (SSSR count). The molecule has 2 amide bonds. The second kappa shape index (κ2) is 10.2. The van der Waals surface area contributed by atoms with Crippen molar-refractivity contribution >= 4 is 40.0 Å². The number of benzene rings is 2. The van der Waals surface area contributed by atoms with Gasteiger partial charge >= 0.3 is 0 Å². The Morgan fingerprint density at radius 1 is 1.14 bits per heavy atom. The van der Waals surface area contributed by atoms with Crippen LogP contribution in [0.2, 0.25) is 0 Å². The molecule has 188 valence electrons. The molecule has 2 atom stereocenters. The minimum absolute atomic E-state index is 0.0323. The fourth-order valence-electron chi connectivity index (χ4n) is 4.46. The molecule has 3 heterocycles. The molecular weight excluding hydrogens is 473 g/mol. The highest BCUT2D eigenvalue weighted by molar-refractivity contribution is 6.07. The van der Waals surface area contributed by atoms with Crippen molar-refractivity contribution in [3.8, 4) is 0 Å². The first-order valence-corrected chi connectivity index (χ1v) is 11.9. The highest BCUT2D eigenvalue weighted by Crippen LogP contribution is 2.34. The average molecular weight is 500 g/mol. The molecule has 37 heavy (non-hydrogen) atoms. The van der Waals surface area contributed by atoms with Crippen molar-refractivity contribution in [3.63, 3.8) is 0 Å². The lowest BCUT2D eigenvalue weighted by Crippen LogP contribution is -2.53. The molecule has 1 unspecified atom stereocenters. The number of anilines is 3. The Morgan fingerprint density at radius 3 is 2.65 bits per heavy atom. The van der Waals surface area contributed by atoms with Crippen molar-refractivity contribution in [3.05, 3.63) is 91.1 Å².